The van der Waals surface area contributed by atoms with E-state index in [-0.39, 0.29) is 11.4 Å². The lowest BCUT2D eigenvalue weighted by Gasteiger charge is -2.09. The van der Waals surface area contributed by atoms with E-state index >= 15 is 0 Å². The largest absolute Gasteiger partial charge is 0.383 e. The van der Waals surface area contributed by atoms with Crippen molar-refractivity contribution >= 4 is 40.8 Å². The average Bonchev–Trinajstić information content (AvgIpc) is 2.48. The highest BCUT2D eigenvalue weighted by Gasteiger charge is 2.15. The summed E-state index contributed by atoms with van der Waals surface area (Å²) in [5, 5.41) is 19.8. The van der Waals surface area contributed by atoms with E-state index in [1.165, 1.54) is 11.8 Å². The van der Waals surface area contributed by atoms with Gasteiger partial charge >= 0.3 is 0 Å². The molecular weight excluding hydrogens is 339 g/mol. The SMILES string of the molecule is Cc1c(C#N)c(N)nc(SCc2ccc(Cl)c(Cl)c2)c1C#N. The Morgan fingerprint density at radius 1 is 1.18 bits per heavy atom. The highest BCUT2D eigenvalue weighted by atomic mass is 35.5. The first-order valence-electron chi connectivity index (χ1n) is 6.15. The van der Waals surface area contributed by atoms with Crippen LogP contribution in [0, 0.1) is 29.6 Å². The number of rotatable bonds is 3. The van der Waals surface area contributed by atoms with Gasteiger partial charge in [0.1, 0.15) is 23.0 Å². The molecule has 0 radical (unpaired) electrons. The topological polar surface area (TPSA) is 86.5 Å². The monoisotopic (exact) mass is 348 g/mol. The molecule has 1 heterocycles. The predicted octanol–water partition coefficient (Wildman–Crippen LogP) is 4.31. The van der Waals surface area contributed by atoms with Crippen molar-refractivity contribution in [3.05, 3.63) is 50.5 Å². The average molecular weight is 349 g/mol. The van der Waals surface area contributed by atoms with Gasteiger partial charge in [0.05, 0.1) is 21.2 Å². The first kappa shape index (κ1) is 16.5. The van der Waals surface area contributed by atoms with Gasteiger partial charge in [0.15, 0.2) is 0 Å². The number of nitrogens with two attached hydrogens (primary N) is 1. The zero-order chi connectivity index (χ0) is 16.3. The third kappa shape index (κ3) is 3.28. The van der Waals surface area contributed by atoms with Crippen molar-refractivity contribution in [2.24, 2.45) is 0 Å². The highest BCUT2D eigenvalue weighted by Crippen LogP contribution is 2.31. The Bertz CT molecular complexity index is 822. The molecule has 0 aliphatic carbocycles. The number of aromatic nitrogens is 1. The molecule has 0 spiro atoms. The Morgan fingerprint density at radius 2 is 1.86 bits per heavy atom. The molecule has 0 unspecified atom stereocenters. The molecule has 2 rings (SSSR count). The van der Waals surface area contributed by atoms with Crippen LogP contribution in [0.25, 0.3) is 0 Å². The molecule has 0 saturated carbocycles. The molecule has 4 nitrogen and oxygen atoms in total. The minimum atomic E-state index is 0.135. The number of halogens is 2. The normalized spacial score (nSPS) is 10.0. The summed E-state index contributed by atoms with van der Waals surface area (Å²) in [7, 11) is 0. The standard InChI is InChI=1S/C15H10Cl2N4S/c1-8-10(5-18)14(20)21-15(11(8)6-19)22-7-9-2-3-12(16)13(17)4-9/h2-4H,7H2,1H3,(H2,20,21). The Balaban J connectivity index is 2.32. The summed E-state index contributed by atoms with van der Waals surface area (Å²) >= 11 is 13.2. The Kier molecular flexibility index (Phi) is 5.15. The van der Waals surface area contributed by atoms with Crippen LogP contribution in [0.15, 0.2) is 23.2 Å². The Morgan fingerprint density at radius 3 is 2.45 bits per heavy atom. The second-order valence-corrected chi connectivity index (χ2v) is 6.22. The minimum Gasteiger partial charge on any atom is -0.383 e. The van der Waals surface area contributed by atoms with Crippen LogP contribution in [-0.4, -0.2) is 4.98 Å². The van der Waals surface area contributed by atoms with Crippen molar-refractivity contribution in [2.75, 3.05) is 5.73 Å². The van der Waals surface area contributed by atoms with Gasteiger partial charge in [0.2, 0.25) is 0 Å². The lowest BCUT2D eigenvalue weighted by Crippen LogP contribution is -2.03. The molecule has 0 aliphatic rings. The first-order valence-corrected chi connectivity index (χ1v) is 7.89. The fourth-order valence-electron chi connectivity index (χ4n) is 1.86. The van der Waals surface area contributed by atoms with Gasteiger partial charge in [-0.2, -0.15) is 10.5 Å². The van der Waals surface area contributed by atoms with Gasteiger partial charge in [0.25, 0.3) is 0 Å². The van der Waals surface area contributed by atoms with E-state index in [1.807, 2.05) is 12.1 Å². The first-order chi connectivity index (χ1) is 10.5. The molecule has 2 aromatic rings. The van der Waals surface area contributed by atoms with Crippen LogP contribution in [0.3, 0.4) is 0 Å². The predicted molar refractivity (Wildman–Crippen MR) is 88.8 cm³/mol. The van der Waals surface area contributed by atoms with Crippen LogP contribution in [0.4, 0.5) is 5.82 Å². The number of hydrogen-bond donors (Lipinski definition) is 1. The summed E-state index contributed by atoms with van der Waals surface area (Å²) in [6.45, 7) is 1.69. The number of nitrogens with zero attached hydrogens (tertiary/aromatic N) is 3. The molecule has 0 fully saturated rings. The minimum absolute atomic E-state index is 0.135. The third-order valence-electron chi connectivity index (χ3n) is 3.03. The molecule has 0 atom stereocenters. The van der Waals surface area contributed by atoms with Crippen molar-refractivity contribution in [2.45, 2.75) is 17.7 Å². The van der Waals surface area contributed by atoms with E-state index in [1.54, 1.807) is 19.1 Å². The number of benzene rings is 1. The molecule has 0 amide bonds. The van der Waals surface area contributed by atoms with E-state index < -0.39 is 0 Å². The van der Waals surface area contributed by atoms with Gasteiger partial charge in [0, 0.05) is 5.75 Å². The number of pyridine rings is 1. The molecule has 1 aromatic heterocycles. The lowest BCUT2D eigenvalue weighted by atomic mass is 10.1. The molecule has 2 N–H and O–H groups in total. The number of hydrogen-bond acceptors (Lipinski definition) is 5. The van der Waals surface area contributed by atoms with Crippen molar-refractivity contribution in [3.63, 3.8) is 0 Å². The van der Waals surface area contributed by atoms with Crippen molar-refractivity contribution in [1.29, 1.82) is 10.5 Å². The van der Waals surface area contributed by atoms with E-state index in [2.05, 4.69) is 11.1 Å². The van der Waals surface area contributed by atoms with Crippen LogP contribution in [0.5, 0.6) is 0 Å². The zero-order valence-electron chi connectivity index (χ0n) is 11.5. The second kappa shape index (κ2) is 6.89. The summed E-state index contributed by atoms with van der Waals surface area (Å²) < 4.78 is 0. The van der Waals surface area contributed by atoms with E-state index in [0.717, 1.165) is 5.56 Å². The molecule has 7 heteroatoms. The van der Waals surface area contributed by atoms with Crippen LogP contribution >= 0.6 is 35.0 Å². The summed E-state index contributed by atoms with van der Waals surface area (Å²) in [5.41, 5.74) is 7.89. The Labute approximate surface area is 142 Å². The molecule has 22 heavy (non-hydrogen) atoms. The molecule has 110 valence electrons. The fraction of sp³-hybridized carbons (Fsp3) is 0.133. The van der Waals surface area contributed by atoms with Crippen LogP contribution in [-0.2, 0) is 5.75 Å². The number of thioether (sulfide) groups is 1. The van der Waals surface area contributed by atoms with E-state index in [4.69, 9.17) is 34.2 Å². The number of anilines is 1. The maximum absolute atomic E-state index is 9.30. The lowest BCUT2D eigenvalue weighted by molar-refractivity contribution is 1.08. The number of nitriles is 2. The van der Waals surface area contributed by atoms with Gasteiger partial charge in [-0.3, -0.25) is 0 Å². The summed E-state index contributed by atoms with van der Waals surface area (Å²) in [5.74, 6) is 0.694. The van der Waals surface area contributed by atoms with E-state index in [9.17, 15) is 5.26 Å². The Hall–Kier alpha value is -1.92. The van der Waals surface area contributed by atoms with Crippen molar-refractivity contribution in [1.82, 2.24) is 4.98 Å². The van der Waals surface area contributed by atoms with Gasteiger partial charge in [-0.15, -0.1) is 11.8 Å². The van der Waals surface area contributed by atoms with Crippen molar-refractivity contribution in [3.8, 4) is 12.1 Å². The molecular formula is C15H10Cl2N4S. The fourth-order valence-corrected chi connectivity index (χ4v) is 3.17. The second-order valence-electron chi connectivity index (χ2n) is 4.44. The third-order valence-corrected chi connectivity index (χ3v) is 4.81. The maximum Gasteiger partial charge on any atom is 0.143 e. The smallest absolute Gasteiger partial charge is 0.143 e. The highest BCUT2D eigenvalue weighted by molar-refractivity contribution is 7.98. The van der Waals surface area contributed by atoms with Crippen molar-refractivity contribution < 1.29 is 0 Å². The van der Waals surface area contributed by atoms with Crippen LogP contribution < -0.4 is 5.73 Å². The quantitative estimate of drug-likeness (QED) is 0.834. The summed E-state index contributed by atoms with van der Waals surface area (Å²) in [4.78, 5) is 4.17. The summed E-state index contributed by atoms with van der Waals surface area (Å²) in [6.07, 6.45) is 0. The van der Waals surface area contributed by atoms with Crippen LogP contribution in [0.2, 0.25) is 10.0 Å². The summed E-state index contributed by atoms with van der Waals surface area (Å²) in [6, 6.07) is 9.40. The van der Waals surface area contributed by atoms with Gasteiger partial charge < -0.3 is 5.73 Å². The zero-order valence-corrected chi connectivity index (χ0v) is 13.9. The maximum atomic E-state index is 9.30. The number of nitrogen functional groups attached to an aromatic ring is 1. The molecule has 0 saturated heterocycles. The van der Waals surface area contributed by atoms with Crippen LogP contribution in [0.1, 0.15) is 22.3 Å². The molecule has 0 bridgehead atoms. The van der Waals surface area contributed by atoms with Gasteiger partial charge in [-0.1, -0.05) is 29.3 Å². The van der Waals surface area contributed by atoms with E-state index in [0.29, 0.717) is 32.0 Å². The van der Waals surface area contributed by atoms with Gasteiger partial charge in [-0.25, -0.2) is 4.98 Å². The molecule has 1 aromatic carbocycles. The van der Waals surface area contributed by atoms with Gasteiger partial charge in [-0.05, 0) is 30.2 Å². The molecule has 0 aliphatic heterocycles.